The average molecular weight is 969 g/mol. The van der Waals surface area contributed by atoms with Gasteiger partial charge in [-0.25, -0.2) is 0 Å². The summed E-state index contributed by atoms with van der Waals surface area (Å²) in [5, 5.41) is 20.7. The van der Waals surface area contributed by atoms with Gasteiger partial charge >= 0.3 is 24.7 Å². The van der Waals surface area contributed by atoms with Crippen LogP contribution >= 0.6 is 22.7 Å². The van der Waals surface area contributed by atoms with Gasteiger partial charge in [0.25, 0.3) is 0 Å². The molecule has 66 heavy (non-hydrogen) atoms. The Bertz CT molecular complexity index is 2370. The van der Waals surface area contributed by atoms with Gasteiger partial charge in [0.05, 0.1) is 46.6 Å². The molecule has 0 saturated carbocycles. The van der Waals surface area contributed by atoms with Gasteiger partial charge < -0.3 is 9.47 Å². The van der Waals surface area contributed by atoms with Crippen LogP contribution in [0, 0.1) is 22.7 Å². The largest absolute Gasteiger partial charge is 0.493 e. The normalized spacial score (nSPS) is 12.8. The van der Waals surface area contributed by atoms with Crippen molar-refractivity contribution >= 4 is 46.0 Å². The molecule has 0 bridgehead atoms. The topological polar surface area (TPSA) is 66.0 Å². The Balaban J connectivity index is 1.62. The summed E-state index contributed by atoms with van der Waals surface area (Å²) in [4.78, 5) is 0.478. The number of allylic oxidation sites excluding steroid dienone is 2. The van der Waals surface area contributed by atoms with E-state index in [2.05, 4.69) is 12.1 Å². The lowest BCUT2D eigenvalue weighted by Crippen LogP contribution is -2.10. The molecule has 0 amide bonds. The van der Waals surface area contributed by atoms with Crippen LogP contribution in [0.4, 0.5) is 52.7 Å². The lowest BCUT2D eigenvalue weighted by atomic mass is 10.0. The van der Waals surface area contributed by atoms with Gasteiger partial charge in [0.2, 0.25) is 0 Å². The summed E-state index contributed by atoms with van der Waals surface area (Å²) in [6.45, 7) is 4.46. The molecule has 0 aliphatic heterocycles. The number of rotatable bonds is 18. The van der Waals surface area contributed by atoms with Crippen LogP contribution in [-0.4, -0.2) is 13.2 Å². The molecule has 5 rings (SSSR count). The fourth-order valence-corrected chi connectivity index (χ4v) is 8.51. The number of nitriles is 2. The van der Waals surface area contributed by atoms with Crippen LogP contribution in [0.25, 0.3) is 44.2 Å². The number of ether oxygens (including phenoxy) is 2. The smallest absolute Gasteiger partial charge is 0.416 e. The summed E-state index contributed by atoms with van der Waals surface area (Å²) in [5.74, 6) is 0.419. The van der Waals surface area contributed by atoms with E-state index < -0.39 is 47.0 Å². The molecule has 18 heteroatoms. The quantitative estimate of drug-likeness (QED) is 0.0498. The molecular weight excluding hydrogens is 929 g/mol. The summed E-state index contributed by atoms with van der Waals surface area (Å²) < 4.78 is 177. The fraction of sp³-hybridized carbons (Fsp3) is 0.333. The molecule has 0 spiro atoms. The van der Waals surface area contributed by atoms with Crippen molar-refractivity contribution in [3.63, 3.8) is 0 Å². The van der Waals surface area contributed by atoms with Crippen LogP contribution in [0.15, 0.2) is 72.8 Å². The van der Waals surface area contributed by atoms with E-state index in [4.69, 9.17) is 9.47 Å². The van der Waals surface area contributed by atoms with Gasteiger partial charge in [-0.05, 0) is 109 Å². The number of thiophene rings is 2. The van der Waals surface area contributed by atoms with Gasteiger partial charge in [0.15, 0.2) is 0 Å². The Morgan fingerprint density at radius 2 is 0.818 bits per heavy atom. The summed E-state index contributed by atoms with van der Waals surface area (Å²) in [5.41, 5.74) is -6.13. The Morgan fingerprint density at radius 3 is 1.11 bits per heavy atom. The molecule has 0 aliphatic rings. The molecule has 350 valence electrons. The zero-order valence-electron chi connectivity index (χ0n) is 35.2. The number of halogens is 12. The molecule has 0 unspecified atom stereocenters. The van der Waals surface area contributed by atoms with Crippen molar-refractivity contribution in [2.24, 2.45) is 0 Å². The minimum atomic E-state index is -5.07. The van der Waals surface area contributed by atoms with Gasteiger partial charge in [0, 0.05) is 30.6 Å². The van der Waals surface area contributed by atoms with Crippen molar-refractivity contribution < 1.29 is 62.2 Å². The van der Waals surface area contributed by atoms with E-state index in [1.165, 1.54) is 36.4 Å². The predicted octanol–water partition coefficient (Wildman–Crippen LogP) is 17.3. The highest BCUT2D eigenvalue weighted by atomic mass is 32.1. The molecular formula is C48H40F12N2O2S2. The standard InChI is InChI=1S/C48H40F12N2O2S2/c1-3-5-7-9-15-63-39-23-30(18-34(28-62)44-14-12-42(66-44)32-21-37(47(55,56)57)26-38(22-32)48(58,59)60)40(64-16-10-8-6-4-2)24-29(39)17-33(27-61)43-13-11-41(65-43)31-19-35(45(49,50)51)25-36(20-31)46(52,53)54/h11-14,17-26H,3-10,15-16H2,1-2H3/b33-17+,34-18+. The first-order valence-corrected chi connectivity index (χ1v) is 22.2. The third kappa shape index (κ3) is 13.7. The van der Waals surface area contributed by atoms with Crippen LogP contribution in [0.2, 0.25) is 0 Å². The van der Waals surface area contributed by atoms with Gasteiger partial charge in [-0.1, -0.05) is 52.4 Å². The average Bonchev–Trinajstić information content (AvgIpc) is 3.95. The minimum Gasteiger partial charge on any atom is -0.493 e. The van der Waals surface area contributed by atoms with Crippen LogP contribution in [-0.2, 0) is 24.7 Å². The molecule has 3 aromatic carbocycles. The fourth-order valence-electron chi connectivity index (χ4n) is 6.59. The van der Waals surface area contributed by atoms with Crippen LogP contribution in [0.3, 0.4) is 0 Å². The van der Waals surface area contributed by atoms with Crippen molar-refractivity contribution in [3.05, 3.63) is 116 Å². The molecule has 0 fully saturated rings. The van der Waals surface area contributed by atoms with Crippen molar-refractivity contribution in [2.75, 3.05) is 13.2 Å². The number of hydrogen-bond acceptors (Lipinski definition) is 6. The maximum Gasteiger partial charge on any atom is 0.416 e. The molecule has 0 N–H and O–H groups in total. The highest BCUT2D eigenvalue weighted by Crippen LogP contribution is 2.44. The number of unbranched alkanes of at least 4 members (excludes halogenated alkanes) is 6. The summed E-state index contributed by atoms with van der Waals surface area (Å²) in [6.07, 6.45) is -10.9. The zero-order valence-corrected chi connectivity index (χ0v) is 36.8. The Labute approximate surface area is 381 Å². The first-order valence-electron chi connectivity index (χ1n) is 20.5. The lowest BCUT2D eigenvalue weighted by molar-refractivity contribution is -0.144. The Morgan fingerprint density at radius 1 is 0.485 bits per heavy atom. The van der Waals surface area contributed by atoms with Gasteiger partial charge in [-0.2, -0.15) is 63.2 Å². The molecule has 2 aromatic heterocycles. The number of hydrogen-bond donors (Lipinski definition) is 0. The highest BCUT2D eigenvalue weighted by molar-refractivity contribution is 7.17. The summed E-state index contributed by atoms with van der Waals surface area (Å²) in [7, 11) is 0. The number of alkyl halides is 12. The summed E-state index contributed by atoms with van der Waals surface area (Å²) >= 11 is 1.60. The van der Waals surface area contributed by atoms with E-state index in [0.717, 1.165) is 61.2 Å². The molecule has 0 radical (unpaired) electrons. The maximum absolute atomic E-state index is 13.7. The van der Waals surface area contributed by atoms with E-state index in [1.807, 2.05) is 13.8 Å². The van der Waals surface area contributed by atoms with Gasteiger partial charge in [-0.15, -0.1) is 22.7 Å². The molecule has 0 aliphatic carbocycles. The van der Waals surface area contributed by atoms with E-state index in [9.17, 15) is 63.2 Å². The first-order chi connectivity index (χ1) is 31.0. The highest BCUT2D eigenvalue weighted by Gasteiger charge is 2.38. The number of benzene rings is 3. The van der Waals surface area contributed by atoms with E-state index in [-0.39, 0.29) is 78.6 Å². The van der Waals surface area contributed by atoms with Gasteiger partial charge in [0.1, 0.15) is 23.6 Å². The predicted molar refractivity (Wildman–Crippen MR) is 232 cm³/mol. The summed E-state index contributed by atoms with van der Waals surface area (Å²) in [6, 6.07) is 15.1. The lowest BCUT2D eigenvalue weighted by Gasteiger charge is -2.16. The molecule has 4 nitrogen and oxygen atoms in total. The maximum atomic E-state index is 13.7. The monoisotopic (exact) mass is 968 g/mol. The van der Waals surface area contributed by atoms with E-state index >= 15 is 0 Å². The van der Waals surface area contributed by atoms with Crippen LogP contribution in [0.5, 0.6) is 11.5 Å². The second-order valence-electron chi connectivity index (χ2n) is 15.0. The van der Waals surface area contributed by atoms with Crippen molar-refractivity contribution in [3.8, 4) is 44.5 Å². The zero-order chi connectivity index (χ0) is 48.5. The third-order valence-electron chi connectivity index (χ3n) is 9.98. The van der Waals surface area contributed by atoms with Crippen molar-refractivity contribution in [2.45, 2.75) is 89.9 Å². The Kier molecular flexibility index (Phi) is 16.9. The SMILES string of the molecule is CCCCCCOc1cc(/C=C(\C#N)c2ccc(-c3cc(C(F)(F)F)cc(C(F)(F)F)c3)s2)c(OCCCCCC)cc1/C=C(\C#N)c1ccc(-c2cc(C(F)(F)F)cc(C(F)(F)F)c2)s1. The molecule has 0 saturated heterocycles. The number of nitrogens with zero attached hydrogens (tertiary/aromatic N) is 2. The Hall–Kier alpha value is -5.72. The van der Waals surface area contributed by atoms with Crippen LogP contribution in [0.1, 0.15) is 108 Å². The van der Waals surface area contributed by atoms with Crippen molar-refractivity contribution in [1.82, 2.24) is 0 Å². The van der Waals surface area contributed by atoms with Gasteiger partial charge in [-0.3, -0.25) is 0 Å². The second-order valence-corrected chi connectivity index (χ2v) is 17.2. The molecule has 0 atom stereocenters. The molecule has 5 aromatic rings. The van der Waals surface area contributed by atoms with E-state index in [0.29, 0.717) is 48.2 Å². The van der Waals surface area contributed by atoms with E-state index in [1.54, 1.807) is 12.1 Å². The minimum absolute atomic E-state index is 0.0191. The van der Waals surface area contributed by atoms with Crippen molar-refractivity contribution in [1.29, 1.82) is 10.5 Å². The second kappa shape index (κ2) is 21.7. The molecule has 2 heterocycles. The third-order valence-corrected chi connectivity index (χ3v) is 12.3. The van der Waals surface area contributed by atoms with Crippen LogP contribution < -0.4 is 9.47 Å². The first kappa shape index (κ1) is 51.3.